The van der Waals surface area contributed by atoms with Gasteiger partial charge >= 0.3 is 0 Å². The summed E-state index contributed by atoms with van der Waals surface area (Å²) in [6.45, 7) is 12.0. The third-order valence-corrected chi connectivity index (χ3v) is 3.99. The van der Waals surface area contributed by atoms with Gasteiger partial charge in [-0.2, -0.15) is 0 Å². The average Bonchev–Trinajstić information content (AvgIpc) is 2.65. The van der Waals surface area contributed by atoms with Crippen molar-refractivity contribution in [2.24, 2.45) is 5.41 Å². The molecule has 0 aliphatic heterocycles. The Hall–Kier alpha value is -0.970. The molecule has 17 heavy (non-hydrogen) atoms. The Morgan fingerprint density at radius 3 is 2.29 bits per heavy atom. The fourth-order valence-electron chi connectivity index (χ4n) is 0.983. The van der Waals surface area contributed by atoms with Crippen molar-refractivity contribution in [1.29, 1.82) is 0 Å². The van der Waals surface area contributed by atoms with E-state index in [4.69, 9.17) is 0 Å². The van der Waals surface area contributed by atoms with Gasteiger partial charge in [-0.25, -0.2) is 0 Å². The maximum atomic E-state index is 11.8. The number of rotatable bonds is 3. The Labute approximate surface area is 107 Å². The molecule has 5 heteroatoms. The topological polar surface area (TPSA) is 54.9 Å². The molecule has 96 valence electrons. The molecule has 1 amide bonds. The van der Waals surface area contributed by atoms with Gasteiger partial charge in [-0.1, -0.05) is 52.9 Å². The quantitative estimate of drug-likeness (QED) is 0.902. The summed E-state index contributed by atoms with van der Waals surface area (Å²) in [6, 6.07) is 0. The molecule has 1 heterocycles. The molecule has 1 aromatic rings. The Kier molecular flexibility index (Phi) is 3.91. The van der Waals surface area contributed by atoms with Gasteiger partial charge in [0.15, 0.2) is 0 Å². The van der Waals surface area contributed by atoms with Crippen LogP contribution in [0.5, 0.6) is 0 Å². The summed E-state index contributed by atoms with van der Waals surface area (Å²) < 4.78 is 0. The lowest BCUT2D eigenvalue weighted by atomic mass is 9.91. The van der Waals surface area contributed by atoms with Crippen LogP contribution in [0.3, 0.4) is 0 Å². The van der Waals surface area contributed by atoms with Crippen LogP contribution in [0.25, 0.3) is 0 Å². The molecule has 0 saturated carbocycles. The Balaban J connectivity index is 2.80. The molecule has 0 aromatic carbocycles. The molecule has 1 aromatic heterocycles. The predicted octanol–water partition coefficient (Wildman–Crippen LogP) is 3.21. The van der Waals surface area contributed by atoms with Crippen molar-refractivity contribution in [3.8, 4) is 0 Å². The normalized spacial score (nSPS) is 12.6. The molecule has 0 bridgehead atoms. The van der Waals surface area contributed by atoms with E-state index in [1.54, 1.807) is 0 Å². The van der Waals surface area contributed by atoms with Crippen LogP contribution in [0, 0.1) is 5.41 Å². The van der Waals surface area contributed by atoms with Gasteiger partial charge in [0.2, 0.25) is 11.0 Å². The summed E-state index contributed by atoms with van der Waals surface area (Å²) in [4.78, 5) is 11.8. The zero-order valence-electron chi connectivity index (χ0n) is 11.4. The molecule has 1 N–H and O–H groups in total. The van der Waals surface area contributed by atoms with E-state index in [1.165, 1.54) is 11.3 Å². The first-order valence-corrected chi connectivity index (χ1v) is 6.64. The van der Waals surface area contributed by atoms with Gasteiger partial charge in [0.1, 0.15) is 5.01 Å². The zero-order chi connectivity index (χ0) is 13.3. The van der Waals surface area contributed by atoms with Crippen molar-refractivity contribution in [2.75, 3.05) is 5.32 Å². The molecule has 0 fully saturated rings. The number of amides is 1. The molecule has 0 radical (unpaired) electrons. The molecule has 0 unspecified atom stereocenters. The second kappa shape index (κ2) is 4.72. The molecule has 0 aliphatic carbocycles. The standard InChI is InChI=1S/C12H21N3OS/c1-7-12(5,6)9-14-15-10(17-9)13-8(16)11(2,3)4/h7H2,1-6H3,(H,13,15,16). The van der Waals surface area contributed by atoms with Gasteiger partial charge in [-0.15, -0.1) is 10.2 Å². The summed E-state index contributed by atoms with van der Waals surface area (Å²) in [6.07, 6.45) is 0.995. The van der Waals surface area contributed by atoms with Crippen molar-refractivity contribution in [1.82, 2.24) is 10.2 Å². The van der Waals surface area contributed by atoms with Crippen molar-refractivity contribution in [3.63, 3.8) is 0 Å². The zero-order valence-corrected chi connectivity index (χ0v) is 12.2. The lowest BCUT2D eigenvalue weighted by Crippen LogP contribution is -2.27. The van der Waals surface area contributed by atoms with Gasteiger partial charge in [0.05, 0.1) is 0 Å². The summed E-state index contributed by atoms with van der Waals surface area (Å²) in [5.74, 6) is -0.0329. The molecule has 0 spiro atoms. The van der Waals surface area contributed by atoms with Crippen LogP contribution in [0.2, 0.25) is 0 Å². The van der Waals surface area contributed by atoms with E-state index in [1.807, 2.05) is 20.8 Å². The van der Waals surface area contributed by atoms with Crippen LogP contribution in [0.15, 0.2) is 0 Å². The monoisotopic (exact) mass is 255 g/mol. The minimum Gasteiger partial charge on any atom is -0.300 e. The summed E-state index contributed by atoms with van der Waals surface area (Å²) in [5, 5.41) is 12.5. The highest BCUT2D eigenvalue weighted by molar-refractivity contribution is 7.15. The van der Waals surface area contributed by atoms with Gasteiger partial charge < -0.3 is 5.32 Å². The van der Waals surface area contributed by atoms with Crippen molar-refractivity contribution >= 4 is 22.4 Å². The number of nitrogens with zero attached hydrogens (tertiary/aromatic N) is 2. The molecule has 0 atom stereocenters. The van der Waals surface area contributed by atoms with Crippen molar-refractivity contribution in [2.45, 2.75) is 53.4 Å². The number of nitrogens with one attached hydrogen (secondary N) is 1. The SMILES string of the molecule is CCC(C)(C)c1nnc(NC(=O)C(C)(C)C)s1. The minimum absolute atomic E-state index is 0.0162. The van der Waals surface area contributed by atoms with Gasteiger partial charge in [0, 0.05) is 10.8 Å². The van der Waals surface area contributed by atoms with E-state index in [0.29, 0.717) is 5.13 Å². The lowest BCUT2D eigenvalue weighted by Gasteiger charge is -2.18. The van der Waals surface area contributed by atoms with Gasteiger partial charge in [-0.05, 0) is 6.42 Å². The molecule has 4 nitrogen and oxygen atoms in total. The maximum Gasteiger partial charge on any atom is 0.231 e. The third kappa shape index (κ3) is 3.49. The highest BCUT2D eigenvalue weighted by Gasteiger charge is 2.26. The number of carbonyl (C=O) groups excluding carboxylic acids is 1. The van der Waals surface area contributed by atoms with E-state index in [9.17, 15) is 4.79 Å². The molecule has 0 aliphatic rings. The minimum atomic E-state index is -0.411. The Morgan fingerprint density at radius 1 is 1.24 bits per heavy atom. The first-order chi connectivity index (χ1) is 7.66. The van der Waals surface area contributed by atoms with Crippen LogP contribution < -0.4 is 5.32 Å². The summed E-state index contributed by atoms with van der Waals surface area (Å²) in [7, 11) is 0. The first-order valence-electron chi connectivity index (χ1n) is 5.82. The molecule has 1 rings (SSSR count). The average molecular weight is 255 g/mol. The van der Waals surface area contributed by atoms with E-state index in [0.717, 1.165) is 11.4 Å². The maximum absolute atomic E-state index is 11.8. The number of hydrogen-bond donors (Lipinski definition) is 1. The van der Waals surface area contributed by atoms with Crippen molar-refractivity contribution in [3.05, 3.63) is 5.01 Å². The Bertz CT molecular complexity index is 404. The fourth-order valence-corrected chi connectivity index (χ4v) is 1.89. The second-order valence-corrected chi connectivity index (χ2v) is 6.83. The molecule has 0 saturated heterocycles. The number of aromatic nitrogens is 2. The van der Waals surface area contributed by atoms with Crippen LogP contribution in [-0.2, 0) is 10.2 Å². The van der Waals surface area contributed by atoms with Gasteiger partial charge in [0.25, 0.3) is 0 Å². The second-order valence-electron chi connectivity index (χ2n) is 5.85. The smallest absolute Gasteiger partial charge is 0.231 e. The van der Waals surface area contributed by atoms with Crippen LogP contribution >= 0.6 is 11.3 Å². The third-order valence-electron chi connectivity index (χ3n) is 2.79. The van der Waals surface area contributed by atoms with Crippen LogP contribution in [0.1, 0.15) is 53.0 Å². The number of carbonyl (C=O) groups is 1. The summed E-state index contributed by atoms with van der Waals surface area (Å²) in [5.41, 5.74) is -0.394. The van der Waals surface area contributed by atoms with Crippen LogP contribution in [-0.4, -0.2) is 16.1 Å². The van der Waals surface area contributed by atoms with Crippen molar-refractivity contribution < 1.29 is 4.79 Å². The molecular weight excluding hydrogens is 234 g/mol. The van der Waals surface area contributed by atoms with Crippen LogP contribution in [0.4, 0.5) is 5.13 Å². The lowest BCUT2D eigenvalue weighted by molar-refractivity contribution is -0.123. The largest absolute Gasteiger partial charge is 0.300 e. The number of anilines is 1. The fraction of sp³-hybridized carbons (Fsp3) is 0.750. The highest BCUT2D eigenvalue weighted by atomic mass is 32.1. The highest BCUT2D eigenvalue weighted by Crippen LogP contribution is 2.31. The van der Waals surface area contributed by atoms with E-state index < -0.39 is 5.41 Å². The predicted molar refractivity (Wildman–Crippen MR) is 71.3 cm³/mol. The number of hydrogen-bond acceptors (Lipinski definition) is 4. The van der Waals surface area contributed by atoms with E-state index in [2.05, 4.69) is 36.3 Å². The van der Waals surface area contributed by atoms with E-state index >= 15 is 0 Å². The van der Waals surface area contributed by atoms with E-state index in [-0.39, 0.29) is 11.3 Å². The van der Waals surface area contributed by atoms with Gasteiger partial charge in [-0.3, -0.25) is 4.79 Å². The summed E-state index contributed by atoms with van der Waals surface area (Å²) >= 11 is 1.45. The Morgan fingerprint density at radius 2 is 1.82 bits per heavy atom. The molecular formula is C12H21N3OS. The first kappa shape index (κ1) is 14.1.